The lowest BCUT2D eigenvalue weighted by Crippen LogP contribution is -2.18. The lowest BCUT2D eigenvalue weighted by molar-refractivity contribution is -0.117. The van der Waals surface area contributed by atoms with E-state index in [1.54, 1.807) is 12.5 Å². The number of hydrogen-bond acceptors (Lipinski definition) is 2. The quantitative estimate of drug-likeness (QED) is 0.706. The molecular weight excluding hydrogens is 258 g/mol. The molecule has 0 amide bonds. The molecule has 0 radical (unpaired) electrons. The zero-order valence-corrected chi connectivity index (χ0v) is 13.4. The van der Waals surface area contributed by atoms with Crippen molar-refractivity contribution >= 4 is 11.5 Å². The van der Waals surface area contributed by atoms with Gasteiger partial charge in [-0.05, 0) is 57.1 Å². The van der Waals surface area contributed by atoms with Gasteiger partial charge in [0.2, 0.25) is 0 Å². The summed E-state index contributed by atoms with van der Waals surface area (Å²) in [5, 5.41) is 3.64. The Labute approximate surface area is 128 Å². The topological polar surface area (TPSA) is 29.1 Å². The summed E-state index contributed by atoms with van der Waals surface area (Å²) in [4.78, 5) is 10.9. The van der Waals surface area contributed by atoms with Crippen LogP contribution >= 0.6 is 0 Å². The van der Waals surface area contributed by atoms with Gasteiger partial charge in [-0.2, -0.15) is 0 Å². The molecule has 0 saturated heterocycles. The monoisotopic (exact) mass is 285 g/mol. The van der Waals surface area contributed by atoms with Crippen molar-refractivity contribution in [3.8, 4) is 0 Å². The van der Waals surface area contributed by atoms with Crippen LogP contribution in [-0.2, 0) is 4.79 Å². The van der Waals surface area contributed by atoms with Gasteiger partial charge < -0.3 is 10.1 Å². The van der Waals surface area contributed by atoms with E-state index < -0.39 is 0 Å². The maximum Gasteiger partial charge on any atom is 0.129 e. The minimum atomic E-state index is 0.305. The third-order valence-electron chi connectivity index (χ3n) is 4.16. The van der Waals surface area contributed by atoms with Crippen LogP contribution in [0.3, 0.4) is 0 Å². The van der Waals surface area contributed by atoms with E-state index in [1.807, 2.05) is 0 Å². The molecule has 0 heterocycles. The number of ketones is 1. The zero-order chi connectivity index (χ0) is 15.1. The number of allylic oxidation sites excluding steroid dienone is 1. The molecular formula is C19H27NO. The van der Waals surface area contributed by atoms with Crippen LogP contribution in [0.15, 0.2) is 29.8 Å². The first-order chi connectivity index (χ1) is 10.2. The van der Waals surface area contributed by atoms with Gasteiger partial charge in [-0.3, -0.25) is 0 Å². The number of hydrogen-bond donors (Lipinski definition) is 1. The Bertz CT molecular complexity index is 493. The van der Waals surface area contributed by atoms with Crippen LogP contribution < -0.4 is 5.32 Å². The van der Waals surface area contributed by atoms with Gasteiger partial charge in [0.25, 0.3) is 0 Å². The van der Waals surface area contributed by atoms with Crippen LogP contribution in [0, 0.1) is 6.92 Å². The second kappa shape index (κ2) is 8.02. The molecule has 0 spiro atoms. The molecule has 1 fully saturated rings. The summed E-state index contributed by atoms with van der Waals surface area (Å²) in [7, 11) is 0. The average molecular weight is 285 g/mol. The molecule has 0 unspecified atom stereocenters. The van der Waals surface area contributed by atoms with Gasteiger partial charge >= 0.3 is 0 Å². The SMILES string of the molecule is CC(=O)CCCCCNC(=C1CCC1)c1ccc(C)cc1. The van der Waals surface area contributed by atoms with E-state index in [1.165, 1.54) is 36.1 Å². The van der Waals surface area contributed by atoms with Gasteiger partial charge in [-0.25, -0.2) is 0 Å². The minimum absolute atomic E-state index is 0.305. The van der Waals surface area contributed by atoms with Gasteiger partial charge in [0.1, 0.15) is 5.78 Å². The summed E-state index contributed by atoms with van der Waals surface area (Å²) in [5.41, 5.74) is 5.55. The molecule has 0 bridgehead atoms. The molecule has 0 aliphatic heterocycles. The van der Waals surface area contributed by atoms with E-state index in [-0.39, 0.29) is 0 Å². The van der Waals surface area contributed by atoms with Crippen molar-refractivity contribution in [2.24, 2.45) is 0 Å². The van der Waals surface area contributed by atoms with Crippen LogP contribution in [0.25, 0.3) is 5.70 Å². The number of carbonyl (C=O) groups is 1. The summed E-state index contributed by atoms with van der Waals surface area (Å²) < 4.78 is 0. The number of aryl methyl sites for hydroxylation is 1. The van der Waals surface area contributed by atoms with Crippen LogP contribution in [0.4, 0.5) is 0 Å². The van der Waals surface area contributed by atoms with Gasteiger partial charge in [-0.1, -0.05) is 36.2 Å². The number of Topliss-reactive ketones (excluding diaryl/α,β-unsaturated/α-hetero) is 1. The zero-order valence-electron chi connectivity index (χ0n) is 13.4. The summed E-state index contributed by atoms with van der Waals surface area (Å²) in [6.07, 6.45) is 7.81. The fourth-order valence-corrected chi connectivity index (χ4v) is 2.64. The van der Waals surface area contributed by atoms with Gasteiger partial charge in [0, 0.05) is 18.7 Å². The van der Waals surface area contributed by atoms with Crippen molar-refractivity contribution in [1.29, 1.82) is 0 Å². The van der Waals surface area contributed by atoms with E-state index in [0.717, 1.165) is 32.2 Å². The predicted octanol–water partition coefficient (Wildman–Crippen LogP) is 4.63. The fourth-order valence-electron chi connectivity index (χ4n) is 2.64. The third kappa shape index (κ3) is 5.04. The number of benzene rings is 1. The summed E-state index contributed by atoms with van der Waals surface area (Å²) in [6.45, 7) is 4.81. The smallest absolute Gasteiger partial charge is 0.129 e. The van der Waals surface area contributed by atoms with Crippen LogP contribution in [0.2, 0.25) is 0 Å². The molecule has 1 N–H and O–H groups in total. The Kier molecular flexibility index (Phi) is 6.04. The van der Waals surface area contributed by atoms with Crippen molar-refractivity contribution in [1.82, 2.24) is 5.32 Å². The Balaban J connectivity index is 1.84. The van der Waals surface area contributed by atoms with Gasteiger partial charge in [-0.15, -0.1) is 0 Å². The summed E-state index contributed by atoms with van der Waals surface area (Å²) in [5.74, 6) is 0.305. The molecule has 2 rings (SSSR count). The lowest BCUT2D eigenvalue weighted by atomic mass is 9.88. The van der Waals surface area contributed by atoms with E-state index in [4.69, 9.17) is 0 Å². The minimum Gasteiger partial charge on any atom is -0.385 e. The highest BCUT2D eigenvalue weighted by Crippen LogP contribution is 2.32. The van der Waals surface area contributed by atoms with Crippen LogP contribution in [0.5, 0.6) is 0 Å². The first-order valence-electron chi connectivity index (χ1n) is 8.19. The van der Waals surface area contributed by atoms with Crippen LogP contribution in [-0.4, -0.2) is 12.3 Å². The summed E-state index contributed by atoms with van der Waals surface area (Å²) >= 11 is 0. The Morgan fingerprint density at radius 3 is 2.38 bits per heavy atom. The highest BCUT2D eigenvalue weighted by molar-refractivity contribution is 5.75. The van der Waals surface area contributed by atoms with E-state index in [2.05, 4.69) is 36.5 Å². The number of nitrogens with one attached hydrogen (secondary N) is 1. The largest absolute Gasteiger partial charge is 0.385 e. The summed E-state index contributed by atoms with van der Waals surface area (Å²) in [6, 6.07) is 8.81. The molecule has 2 nitrogen and oxygen atoms in total. The van der Waals surface area contributed by atoms with E-state index in [9.17, 15) is 4.79 Å². The van der Waals surface area contributed by atoms with E-state index in [0.29, 0.717) is 5.78 Å². The molecule has 1 aliphatic carbocycles. The maximum atomic E-state index is 10.9. The lowest BCUT2D eigenvalue weighted by Gasteiger charge is -2.23. The third-order valence-corrected chi connectivity index (χ3v) is 4.16. The first kappa shape index (κ1) is 15.8. The Morgan fingerprint density at radius 1 is 1.10 bits per heavy atom. The molecule has 1 saturated carbocycles. The fraction of sp³-hybridized carbons (Fsp3) is 0.526. The standard InChI is InChI=1S/C19H27NO/c1-15-10-12-18(13-11-15)19(17-8-6-9-17)20-14-5-3-4-7-16(2)21/h10-13,20H,3-9,14H2,1-2H3. The van der Waals surface area contributed by atoms with Crippen LogP contribution in [0.1, 0.15) is 63.0 Å². The van der Waals surface area contributed by atoms with Crippen molar-refractivity contribution in [2.75, 3.05) is 6.54 Å². The molecule has 1 aliphatic rings. The predicted molar refractivity (Wildman–Crippen MR) is 89.1 cm³/mol. The molecule has 21 heavy (non-hydrogen) atoms. The second-order valence-electron chi connectivity index (χ2n) is 6.14. The maximum absolute atomic E-state index is 10.9. The average Bonchev–Trinajstić information content (AvgIpc) is 2.40. The molecule has 114 valence electrons. The molecule has 2 heteroatoms. The van der Waals surface area contributed by atoms with Crippen molar-refractivity contribution in [2.45, 2.75) is 58.8 Å². The molecule has 0 aromatic heterocycles. The van der Waals surface area contributed by atoms with Crippen molar-refractivity contribution in [3.63, 3.8) is 0 Å². The van der Waals surface area contributed by atoms with Gasteiger partial charge in [0.15, 0.2) is 0 Å². The first-order valence-corrected chi connectivity index (χ1v) is 8.19. The molecule has 1 aromatic carbocycles. The Hall–Kier alpha value is -1.57. The highest BCUT2D eigenvalue weighted by atomic mass is 16.1. The second-order valence-corrected chi connectivity index (χ2v) is 6.14. The van der Waals surface area contributed by atoms with Crippen molar-refractivity contribution < 1.29 is 4.79 Å². The number of unbranched alkanes of at least 4 members (excludes halogenated alkanes) is 2. The normalized spacial score (nSPS) is 13.7. The van der Waals surface area contributed by atoms with Crippen molar-refractivity contribution in [3.05, 3.63) is 41.0 Å². The molecule has 1 aromatic rings. The highest BCUT2D eigenvalue weighted by Gasteiger charge is 2.15. The van der Waals surface area contributed by atoms with Gasteiger partial charge in [0.05, 0.1) is 0 Å². The molecule has 0 atom stereocenters. The number of carbonyl (C=O) groups excluding carboxylic acids is 1. The van der Waals surface area contributed by atoms with E-state index >= 15 is 0 Å². The Morgan fingerprint density at radius 2 is 1.81 bits per heavy atom. The number of rotatable bonds is 8.